The molecule has 0 atom stereocenters. The van der Waals surface area contributed by atoms with Crippen molar-refractivity contribution in [3.63, 3.8) is 0 Å². The number of aromatic nitrogens is 5. The van der Waals surface area contributed by atoms with Crippen molar-refractivity contribution in [1.29, 1.82) is 0 Å². The van der Waals surface area contributed by atoms with Crippen LogP contribution in [-0.2, 0) is 30.7 Å². The predicted molar refractivity (Wildman–Crippen MR) is 93.1 cm³/mol. The maximum atomic E-state index is 12.6. The van der Waals surface area contributed by atoms with Crippen LogP contribution in [0.1, 0.15) is 44.0 Å². The average Bonchev–Trinajstić information content (AvgIpc) is 3.10. The van der Waals surface area contributed by atoms with Gasteiger partial charge in [0.1, 0.15) is 12.2 Å². The maximum absolute atomic E-state index is 12.6. The van der Waals surface area contributed by atoms with Crippen molar-refractivity contribution in [2.24, 2.45) is 14.1 Å². The van der Waals surface area contributed by atoms with E-state index in [1.807, 2.05) is 4.57 Å². The molecule has 2 aromatic heterocycles. The molecule has 3 rings (SSSR count). The molecule has 2 heterocycles. The molecule has 0 aromatic carbocycles. The van der Waals surface area contributed by atoms with E-state index in [-0.39, 0.29) is 12.6 Å². The molecule has 0 unspecified atom stereocenters. The second kappa shape index (κ2) is 7.16. The highest BCUT2D eigenvalue weighted by Crippen LogP contribution is 2.28. The van der Waals surface area contributed by atoms with Gasteiger partial charge in [-0.25, -0.2) is 17.9 Å². The minimum atomic E-state index is -4.10. The predicted octanol–water partition coefficient (Wildman–Crippen LogP) is -0.341. The number of nitrogens with zero attached hydrogens (tertiary/aromatic N) is 5. The Bertz CT molecular complexity index is 1010. The molecule has 0 bridgehead atoms. The summed E-state index contributed by atoms with van der Waals surface area (Å²) in [6.45, 7) is -0.0785. The lowest BCUT2D eigenvalue weighted by Crippen LogP contribution is -2.41. The van der Waals surface area contributed by atoms with Crippen molar-refractivity contribution in [3.8, 4) is 0 Å². The SMILES string of the molecule is Cn1cc(S(=O)(=O)NCc2nncn2C2CCCCC2)c(=O)n(C)c1=O. The van der Waals surface area contributed by atoms with E-state index in [0.717, 1.165) is 41.0 Å². The van der Waals surface area contributed by atoms with Crippen LogP contribution in [0.4, 0.5) is 0 Å². The van der Waals surface area contributed by atoms with Crippen LogP contribution in [0, 0.1) is 0 Å². The molecular weight excluding hydrogens is 360 g/mol. The molecule has 1 fully saturated rings. The van der Waals surface area contributed by atoms with Crippen molar-refractivity contribution in [2.45, 2.75) is 49.6 Å². The van der Waals surface area contributed by atoms with Crippen LogP contribution in [0.5, 0.6) is 0 Å². The molecule has 0 spiro atoms. The Morgan fingerprint density at radius 3 is 2.58 bits per heavy atom. The molecule has 0 radical (unpaired) electrons. The summed E-state index contributed by atoms with van der Waals surface area (Å²) in [6.07, 6.45) is 8.13. The number of rotatable bonds is 5. The smallest absolute Gasteiger partial charge is 0.313 e. The second-order valence-corrected chi connectivity index (χ2v) is 8.26. The molecule has 0 saturated heterocycles. The van der Waals surface area contributed by atoms with Gasteiger partial charge in [-0.05, 0) is 12.8 Å². The summed E-state index contributed by atoms with van der Waals surface area (Å²) in [5.41, 5.74) is -1.46. The standard InChI is InChI=1S/C15H22N6O4S/c1-19-9-12(14(22)20(2)15(19)23)26(24,25)17-8-13-18-16-10-21(13)11-6-4-3-5-7-11/h9-11,17H,3-8H2,1-2H3. The number of hydrogen-bond acceptors (Lipinski definition) is 6. The van der Waals surface area contributed by atoms with Gasteiger partial charge in [-0.1, -0.05) is 19.3 Å². The zero-order valence-electron chi connectivity index (χ0n) is 14.8. The van der Waals surface area contributed by atoms with Crippen LogP contribution in [0.3, 0.4) is 0 Å². The lowest BCUT2D eigenvalue weighted by Gasteiger charge is -2.24. The fraction of sp³-hybridized carbons (Fsp3) is 0.600. The highest BCUT2D eigenvalue weighted by molar-refractivity contribution is 7.89. The van der Waals surface area contributed by atoms with E-state index in [9.17, 15) is 18.0 Å². The quantitative estimate of drug-likeness (QED) is 0.755. The third kappa shape index (κ3) is 3.49. The molecule has 0 aliphatic heterocycles. The van der Waals surface area contributed by atoms with E-state index in [2.05, 4.69) is 14.9 Å². The second-order valence-electron chi connectivity index (χ2n) is 6.52. The van der Waals surface area contributed by atoms with Crippen LogP contribution >= 0.6 is 0 Å². The largest absolute Gasteiger partial charge is 0.330 e. The summed E-state index contributed by atoms with van der Waals surface area (Å²) >= 11 is 0. The Kier molecular flexibility index (Phi) is 5.10. The molecule has 0 amide bonds. The highest BCUT2D eigenvalue weighted by Gasteiger charge is 2.23. The number of aryl methyl sites for hydroxylation is 1. The summed E-state index contributed by atoms with van der Waals surface area (Å²) in [6, 6.07) is 0.267. The van der Waals surface area contributed by atoms with Gasteiger partial charge in [0, 0.05) is 26.3 Å². The maximum Gasteiger partial charge on any atom is 0.330 e. The molecule has 2 aromatic rings. The van der Waals surface area contributed by atoms with Gasteiger partial charge in [0.25, 0.3) is 5.56 Å². The normalized spacial score (nSPS) is 16.1. The van der Waals surface area contributed by atoms with Crippen LogP contribution in [0.2, 0.25) is 0 Å². The molecule has 11 heteroatoms. The third-order valence-corrected chi connectivity index (χ3v) is 6.12. The van der Waals surface area contributed by atoms with E-state index in [1.54, 1.807) is 6.33 Å². The van der Waals surface area contributed by atoms with Crippen molar-refractivity contribution < 1.29 is 8.42 Å². The van der Waals surface area contributed by atoms with Crippen LogP contribution in [0.15, 0.2) is 27.0 Å². The first-order valence-corrected chi connectivity index (χ1v) is 9.94. The Balaban J connectivity index is 1.83. The van der Waals surface area contributed by atoms with Crippen LogP contribution in [-0.4, -0.2) is 32.3 Å². The molecule has 26 heavy (non-hydrogen) atoms. The Hall–Kier alpha value is -2.27. The first-order valence-electron chi connectivity index (χ1n) is 8.46. The summed E-state index contributed by atoms with van der Waals surface area (Å²) < 4.78 is 31.2. The minimum Gasteiger partial charge on any atom is -0.313 e. The first-order chi connectivity index (χ1) is 12.3. The van der Waals surface area contributed by atoms with E-state index >= 15 is 0 Å². The molecule has 1 saturated carbocycles. The summed E-state index contributed by atoms with van der Waals surface area (Å²) in [5, 5.41) is 7.90. The van der Waals surface area contributed by atoms with Crippen LogP contribution < -0.4 is 16.0 Å². The number of hydrogen-bond donors (Lipinski definition) is 1. The van der Waals surface area contributed by atoms with Gasteiger partial charge < -0.3 is 9.13 Å². The zero-order valence-corrected chi connectivity index (χ0v) is 15.6. The van der Waals surface area contributed by atoms with Gasteiger partial charge >= 0.3 is 5.69 Å². The van der Waals surface area contributed by atoms with Gasteiger partial charge in [-0.3, -0.25) is 9.36 Å². The summed E-state index contributed by atoms with van der Waals surface area (Å²) in [7, 11) is -1.47. The van der Waals surface area contributed by atoms with Gasteiger partial charge in [0.2, 0.25) is 10.0 Å². The van der Waals surface area contributed by atoms with E-state index in [4.69, 9.17) is 0 Å². The van der Waals surface area contributed by atoms with Gasteiger partial charge in [0.05, 0.1) is 6.54 Å². The highest BCUT2D eigenvalue weighted by atomic mass is 32.2. The summed E-state index contributed by atoms with van der Waals surface area (Å²) in [4.78, 5) is 23.4. The van der Waals surface area contributed by atoms with E-state index in [0.29, 0.717) is 5.82 Å². The lowest BCUT2D eigenvalue weighted by molar-refractivity contribution is 0.344. The fourth-order valence-corrected chi connectivity index (χ4v) is 4.39. The van der Waals surface area contributed by atoms with Crippen LogP contribution in [0.25, 0.3) is 0 Å². The van der Waals surface area contributed by atoms with E-state index < -0.39 is 26.2 Å². The first kappa shape index (κ1) is 18.5. The molecule has 1 aliphatic carbocycles. The molecule has 1 N–H and O–H groups in total. The summed E-state index contributed by atoms with van der Waals surface area (Å²) in [5.74, 6) is 0.502. The van der Waals surface area contributed by atoms with Gasteiger partial charge in [-0.2, -0.15) is 0 Å². The average molecular weight is 382 g/mol. The molecule has 142 valence electrons. The Labute approximate surface area is 150 Å². The third-order valence-electron chi connectivity index (χ3n) is 4.74. The minimum absolute atomic E-state index is 0.0785. The Morgan fingerprint density at radius 1 is 1.19 bits per heavy atom. The Morgan fingerprint density at radius 2 is 1.88 bits per heavy atom. The van der Waals surface area contributed by atoms with Crippen molar-refractivity contribution in [1.82, 2.24) is 28.6 Å². The number of sulfonamides is 1. The molecule has 1 aliphatic rings. The van der Waals surface area contributed by atoms with Crippen molar-refractivity contribution >= 4 is 10.0 Å². The molecular formula is C15H22N6O4S. The van der Waals surface area contributed by atoms with Gasteiger partial charge in [-0.15, -0.1) is 10.2 Å². The monoisotopic (exact) mass is 382 g/mol. The lowest BCUT2D eigenvalue weighted by atomic mass is 9.95. The van der Waals surface area contributed by atoms with Gasteiger partial charge in [0.15, 0.2) is 4.90 Å². The van der Waals surface area contributed by atoms with E-state index in [1.165, 1.54) is 20.5 Å². The number of nitrogens with one attached hydrogen (secondary N) is 1. The zero-order chi connectivity index (χ0) is 18.9. The topological polar surface area (TPSA) is 121 Å². The fourth-order valence-electron chi connectivity index (χ4n) is 3.25. The van der Waals surface area contributed by atoms with Crippen molar-refractivity contribution in [3.05, 3.63) is 39.2 Å². The molecule has 10 nitrogen and oxygen atoms in total. The van der Waals surface area contributed by atoms with Crippen molar-refractivity contribution in [2.75, 3.05) is 0 Å².